The van der Waals surface area contributed by atoms with Crippen molar-refractivity contribution in [1.29, 1.82) is 0 Å². The van der Waals surface area contributed by atoms with Gasteiger partial charge in [-0.2, -0.15) is 0 Å². The molecule has 28 heavy (non-hydrogen) atoms. The van der Waals surface area contributed by atoms with Crippen molar-refractivity contribution in [3.63, 3.8) is 0 Å². The molecule has 3 saturated carbocycles. The molecule has 0 aromatic rings. The Balaban J connectivity index is 1.49. The number of allylic oxidation sites excluding steroid dienone is 2. The minimum absolute atomic E-state index is 0.553. The highest BCUT2D eigenvalue weighted by Gasteiger charge is 2.58. The number of hydrogen-bond acceptors (Lipinski definition) is 0. The largest absolute Gasteiger partial charge is 0.0845 e. The molecular weight excluding hydrogens is 336 g/mol. The summed E-state index contributed by atoms with van der Waals surface area (Å²) >= 11 is 0. The first kappa shape index (κ1) is 21.0. The zero-order valence-corrected chi connectivity index (χ0v) is 19.9. The highest BCUT2D eigenvalue weighted by atomic mass is 14.6. The third-order valence-corrected chi connectivity index (χ3v) is 10.6. The average Bonchev–Trinajstić information content (AvgIpc) is 2.99. The molecule has 0 heteroatoms. The lowest BCUT2D eigenvalue weighted by Gasteiger charge is -2.58. The average molecular weight is 385 g/mol. The monoisotopic (exact) mass is 384 g/mol. The van der Waals surface area contributed by atoms with E-state index in [1.807, 2.05) is 5.57 Å². The molecule has 0 aromatic heterocycles. The number of fused-ring (bicyclic) bond motifs is 5. The van der Waals surface area contributed by atoms with Crippen molar-refractivity contribution in [3.05, 3.63) is 11.6 Å². The lowest BCUT2D eigenvalue weighted by atomic mass is 9.46. The van der Waals surface area contributed by atoms with E-state index in [4.69, 9.17) is 0 Å². The Morgan fingerprint density at radius 3 is 2.50 bits per heavy atom. The fourth-order valence-electron chi connectivity index (χ4n) is 8.87. The fraction of sp³-hybridized carbons (Fsp3) is 0.929. The molecule has 4 aliphatic carbocycles. The molecule has 4 aliphatic rings. The Morgan fingerprint density at radius 2 is 1.75 bits per heavy atom. The normalized spacial score (nSPS) is 46.5. The standard InChI is InChI=1S/C28H48/c1-19(2)8-7-9-21(4)24-12-13-25-23-11-10-22-18-20(3)14-16-27(22,5)26(23)15-17-28(24,25)6/h10,19-21,23-26H,7-9,11-18H2,1-6H3/t20-,21+,23-,24?,25-,26-,27-,28+/m0/s1. The highest BCUT2D eigenvalue weighted by Crippen LogP contribution is 2.67. The van der Waals surface area contributed by atoms with Crippen LogP contribution in [0.4, 0.5) is 0 Å². The predicted molar refractivity (Wildman–Crippen MR) is 122 cm³/mol. The number of rotatable bonds is 5. The van der Waals surface area contributed by atoms with Gasteiger partial charge in [0.05, 0.1) is 0 Å². The van der Waals surface area contributed by atoms with Gasteiger partial charge in [-0.15, -0.1) is 0 Å². The molecule has 0 aromatic carbocycles. The summed E-state index contributed by atoms with van der Waals surface area (Å²) in [6, 6.07) is 0. The van der Waals surface area contributed by atoms with Crippen LogP contribution in [0.15, 0.2) is 11.6 Å². The van der Waals surface area contributed by atoms with Crippen LogP contribution in [-0.2, 0) is 0 Å². The molecule has 3 fully saturated rings. The van der Waals surface area contributed by atoms with Crippen LogP contribution in [0.2, 0.25) is 0 Å². The van der Waals surface area contributed by atoms with Gasteiger partial charge in [0.15, 0.2) is 0 Å². The van der Waals surface area contributed by atoms with Crippen molar-refractivity contribution in [2.24, 2.45) is 52.3 Å². The molecule has 1 unspecified atom stereocenters. The van der Waals surface area contributed by atoms with Gasteiger partial charge in [0.2, 0.25) is 0 Å². The van der Waals surface area contributed by atoms with E-state index in [0.717, 1.165) is 41.4 Å². The molecule has 0 heterocycles. The first-order chi connectivity index (χ1) is 13.3. The topological polar surface area (TPSA) is 0 Å². The van der Waals surface area contributed by atoms with Gasteiger partial charge in [0.25, 0.3) is 0 Å². The maximum absolute atomic E-state index is 2.75. The highest BCUT2D eigenvalue weighted by molar-refractivity contribution is 5.25. The summed E-state index contributed by atoms with van der Waals surface area (Å²) in [4.78, 5) is 0. The second kappa shape index (κ2) is 7.77. The molecule has 160 valence electrons. The second-order valence-electron chi connectivity index (χ2n) is 12.6. The molecule has 8 atom stereocenters. The summed E-state index contributed by atoms with van der Waals surface area (Å²) in [6.07, 6.45) is 19.0. The van der Waals surface area contributed by atoms with Crippen LogP contribution >= 0.6 is 0 Å². The van der Waals surface area contributed by atoms with Crippen LogP contribution in [0.1, 0.15) is 112 Å². The first-order valence-corrected chi connectivity index (χ1v) is 12.9. The Kier molecular flexibility index (Phi) is 5.83. The smallest absolute Gasteiger partial charge is 0.00851 e. The van der Waals surface area contributed by atoms with Crippen molar-refractivity contribution in [2.75, 3.05) is 0 Å². The Morgan fingerprint density at radius 1 is 0.964 bits per heavy atom. The van der Waals surface area contributed by atoms with Gasteiger partial charge in [-0.3, -0.25) is 0 Å². The van der Waals surface area contributed by atoms with E-state index in [9.17, 15) is 0 Å². The lowest BCUT2D eigenvalue weighted by Crippen LogP contribution is -2.50. The van der Waals surface area contributed by atoms with E-state index in [-0.39, 0.29) is 0 Å². The Labute approximate surface area is 176 Å². The van der Waals surface area contributed by atoms with E-state index in [1.54, 1.807) is 0 Å². The molecule has 0 saturated heterocycles. The second-order valence-corrected chi connectivity index (χ2v) is 12.6. The van der Waals surface area contributed by atoms with Crippen molar-refractivity contribution < 1.29 is 0 Å². The molecule has 0 N–H and O–H groups in total. The third-order valence-electron chi connectivity index (χ3n) is 10.6. The van der Waals surface area contributed by atoms with E-state index in [0.29, 0.717) is 10.8 Å². The van der Waals surface area contributed by atoms with Gasteiger partial charge in [0, 0.05) is 0 Å². The quantitative estimate of drug-likeness (QED) is 0.416. The van der Waals surface area contributed by atoms with Crippen molar-refractivity contribution in [1.82, 2.24) is 0 Å². The number of hydrogen-bond donors (Lipinski definition) is 0. The summed E-state index contributed by atoms with van der Waals surface area (Å²) in [5, 5.41) is 0. The minimum Gasteiger partial charge on any atom is -0.0845 e. The van der Waals surface area contributed by atoms with Crippen LogP contribution in [0.5, 0.6) is 0 Å². The van der Waals surface area contributed by atoms with E-state index >= 15 is 0 Å². The van der Waals surface area contributed by atoms with E-state index in [1.165, 1.54) is 70.6 Å². The van der Waals surface area contributed by atoms with Crippen molar-refractivity contribution in [3.8, 4) is 0 Å². The molecule has 0 amide bonds. The van der Waals surface area contributed by atoms with E-state index in [2.05, 4.69) is 47.6 Å². The predicted octanol–water partition coefficient (Wildman–Crippen LogP) is 8.66. The summed E-state index contributed by atoms with van der Waals surface area (Å²) in [5.74, 6) is 6.73. The maximum atomic E-state index is 2.75. The van der Waals surface area contributed by atoms with Gasteiger partial charge in [-0.25, -0.2) is 0 Å². The molecule has 4 rings (SSSR count). The van der Waals surface area contributed by atoms with Crippen LogP contribution in [-0.4, -0.2) is 0 Å². The van der Waals surface area contributed by atoms with Crippen LogP contribution in [0.3, 0.4) is 0 Å². The minimum atomic E-state index is 0.553. The Hall–Kier alpha value is -0.260. The molecular formula is C28H48. The lowest BCUT2D eigenvalue weighted by molar-refractivity contribution is -0.0523. The molecule has 0 radical (unpaired) electrons. The molecule has 0 nitrogen and oxygen atoms in total. The van der Waals surface area contributed by atoms with Gasteiger partial charge in [-0.05, 0) is 104 Å². The van der Waals surface area contributed by atoms with Gasteiger partial charge < -0.3 is 0 Å². The summed E-state index contributed by atoms with van der Waals surface area (Å²) < 4.78 is 0. The van der Waals surface area contributed by atoms with Crippen LogP contribution in [0, 0.1) is 52.3 Å². The van der Waals surface area contributed by atoms with Crippen molar-refractivity contribution in [2.45, 2.75) is 112 Å². The third kappa shape index (κ3) is 3.43. The summed E-state index contributed by atoms with van der Waals surface area (Å²) in [5.41, 5.74) is 3.06. The maximum Gasteiger partial charge on any atom is -0.00851 e. The molecule has 0 bridgehead atoms. The molecule has 0 aliphatic heterocycles. The fourth-order valence-corrected chi connectivity index (χ4v) is 8.87. The van der Waals surface area contributed by atoms with Gasteiger partial charge in [-0.1, -0.05) is 72.5 Å². The summed E-state index contributed by atoms with van der Waals surface area (Å²) in [7, 11) is 0. The first-order valence-electron chi connectivity index (χ1n) is 12.9. The zero-order chi connectivity index (χ0) is 20.1. The zero-order valence-electron chi connectivity index (χ0n) is 19.9. The summed E-state index contributed by atoms with van der Waals surface area (Å²) in [6.45, 7) is 15.3. The van der Waals surface area contributed by atoms with E-state index < -0.39 is 0 Å². The van der Waals surface area contributed by atoms with Crippen LogP contribution < -0.4 is 0 Å². The van der Waals surface area contributed by atoms with Crippen molar-refractivity contribution >= 4 is 0 Å². The SMILES string of the molecule is CC(C)CCC[C@@H](C)C1CC[C@H]2[C@@H]3CC=C4C[C@@H](C)CC[C@]4(C)[C@H]3CC[C@]12C. The van der Waals surface area contributed by atoms with Gasteiger partial charge >= 0.3 is 0 Å². The van der Waals surface area contributed by atoms with Crippen LogP contribution in [0.25, 0.3) is 0 Å². The van der Waals surface area contributed by atoms with Gasteiger partial charge in [0.1, 0.15) is 0 Å². The molecule has 0 spiro atoms. The Bertz CT molecular complexity index is 585.